The summed E-state index contributed by atoms with van der Waals surface area (Å²) in [6, 6.07) is 1.19. The molecule has 2 rings (SSSR count). The van der Waals surface area contributed by atoms with Crippen LogP contribution in [0.5, 0.6) is 0 Å². The van der Waals surface area contributed by atoms with Gasteiger partial charge in [0.15, 0.2) is 0 Å². The zero-order chi connectivity index (χ0) is 13.0. The van der Waals surface area contributed by atoms with Gasteiger partial charge in [-0.15, -0.1) is 0 Å². The highest BCUT2D eigenvalue weighted by atomic mass is 32.2. The van der Waals surface area contributed by atoms with Gasteiger partial charge in [-0.3, -0.25) is 4.79 Å². The van der Waals surface area contributed by atoms with Crippen LogP contribution in [0.15, 0.2) is 0 Å². The van der Waals surface area contributed by atoms with E-state index in [1.165, 1.54) is 32.8 Å². The fourth-order valence-corrected chi connectivity index (χ4v) is 4.16. The molecule has 0 spiro atoms. The van der Waals surface area contributed by atoms with Gasteiger partial charge < -0.3 is 10.1 Å². The zero-order valence-electron chi connectivity index (χ0n) is 11.5. The van der Waals surface area contributed by atoms with E-state index in [4.69, 9.17) is 4.74 Å². The van der Waals surface area contributed by atoms with Crippen molar-refractivity contribution in [1.82, 2.24) is 5.32 Å². The molecule has 3 nitrogen and oxygen atoms in total. The smallest absolute Gasteiger partial charge is 0.308 e. The molecule has 0 saturated heterocycles. The number of ether oxygens (including phenoxy) is 1. The van der Waals surface area contributed by atoms with E-state index in [-0.39, 0.29) is 11.9 Å². The normalized spacial score (nSPS) is 36.6. The Hall–Kier alpha value is -0.220. The molecule has 104 valence electrons. The number of hydrogen-bond donors (Lipinski definition) is 1. The van der Waals surface area contributed by atoms with Crippen molar-refractivity contribution in [3.05, 3.63) is 0 Å². The lowest BCUT2D eigenvalue weighted by molar-refractivity contribution is -0.146. The number of carbonyl (C=O) groups excluding carboxylic acids is 1. The molecule has 1 N–H and O–H groups in total. The second-order valence-corrected chi connectivity index (χ2v) is 6.76. The molecule has 4 atom stereocenters. The second kappa shape index (κ2) is 6.80. The Morgan fingerprint density at radius 2 is 1.94 bits per heavy atom. The lowest BCUT2D eigenvalue weighted by atomic mass is 9.85. The second-order valence-electron chi connectivity index (χ2n) is 5.62. The summed E-state index contributed by atoms with van der Waals surface area (Å²) in [5.74, 6) is 0.105. The Morgan fingerprint density at radius 1 is 1.17 bits per heavy atom. The van der Waals surface area contributed by atoms with E-state index in [1.807, 2.05) is 11.8 Å². The van der Waals surface area contributed by atoms with Crippen LogP contribution in [0.2, 0.25) is 0 Å². The molecule has 0 radical (unpaired) electrons. The van der Waals surface area contributed by atoms with Crippen LogP contribution in [0.4, 0.5) is 0 Å². The summed E-state index contributed by atoms with van der Waals surface area (Å²) in [4.78, 5) is 11.6. The summed E-state index contributed by atoms with van der Waals surface area (Å²) in [6.45, 7) is 0. The van der Waals surface area contributed by atoms with E-state index in [0.29, 0.717) is 12.1 Å². The molecule has 0 heterocycles. The molecule has 2 fully saturated rings. The van der Waals surface area contributed by atoms with Gasteiger partial charge in [-0.1, -0.05) is 6.42 Å². The van der Waals surface area contributed by atoms with E-state index in [0.717, 1.165) is 24.5 Å². The molecule has 2 aliphatic rings. The number of nitrogens with one attached hydrogen (secondary N) is 1. The highest BCUT2D eigenvalue weighted by Crippen LogP contribution is 2.31. The molecule has 2 aliphatic carbocycles. The van der Waals surface area contributed by atoms with Crippen LogP contribution in [0, 0.1) is 5.92 Å². The SMILES string of the molecule is COC(=O)C1CCCC(NC2CCC(SC)C2)C1. The minimum absolute atomic E-state index is 0.0186. The molecule has 4 unspecified atom stereocenters. The van der Waals surface area contributed by atoms with Crippen molar-refractivity contribution in [1.29, 1.82) is 0 Å². The van der Waals surface area contributed by atoms with Gasteiger partial charge in [0.1, 0.15) is 0 Å². The van der Waals surface area contributed by atoms with Gasteiger partial charge in [-0.25, -0.2) is 0 Å². The van der Waals surface area contributed by atoms with Crippen molar-refractivity contribution < 1.29 is 9.53 Å². The first kappa shape index (κ1) is 14.2. The Kier molecular flexibility index (Phi) is 5.37. The lowest BCUT2D eigenvalue weighted by Crippen LogP contribution is -2.41. The Balaban J connectivity index is 1.77. The first-order chi connectivity index (χ1) is 8.72. The third-order valence-electron chi connectivity index (χ3n) is 4.40. The third kappa shape index (κ3) is 3.64. The van der Waals surface area contributed by atoms with E-state index in [1.54, 1.807) is 0 Å². The highest BCUT2D eigenvalue weighted by molar-refractivity contribution is 7.99. The van der Waals surface area contributed by atoms with Gasteiger partial charge in [0.2, 0.25) is 0 Å². The number of rotatable bonds is 4. The molecule has 0 aromatic carbocycles. The molecule has 4 heteroatoms. The van der Waals surface area contributed by atoms with Crippen LogP contribution in [0.25, 0.3) is 0 Å². The van der Waals surface area contributed by atoms with Gasteiger partial charge >= 0.3 is 5.97 Å². The topological polar surface area (TPSA) is 38.3 Å². The van der Waals surface area contributed by atoms with Crippen molar-refractivity contribution in [3.63, 3.8) is 0 Å². The summed E-state index contributed by atoms with van der Waals surface area (Å²) >= 11 is 1.99. The fraction of sp³-hybridized carbons (Fsp3) is 0.929. The zero-order valence-corrected chi connectivity index (χ0v) is 12.3. The number of hydrogen-bond acceptors (Lipinski definition) is 4. The molecular formula is C14H25NO2S. The molecule has 0 amide bonds. The summed E-state index contributed by atoms with van der Waals surface area (Å²) < 4.78 is 4.87. The fourth-order valence-electron chi connectivity index (χ4n) is 3.36. The average Bonchev–Trinajstić information content (AvgIpc) is 2.86. The first-order valence-electron chi connectivity index (χ1n) is 7.09. The van der Waals surface area contributed by atoms with Crippen LogP contribution >= 0.6 is 11.8 Å². The van der Waals surface area contributed by atoms with Crippen LogP contribution in [0.3, 0.4) is 0 Å². The van der Waals surface area contributed by atoms with E-state index in [9.17, 15) is 4.79 Å². The number of esters is 1. The lowest BCUT2D eigenvalue weighted by Gasteiger charge is -2.30. The van der Waals surface area contributed by atoms with Crippen molar-refractivity contribution >= 4 is 17.7 Å². The Labute approximate surface area is 114 Å². The Morgan fingerprint density at radius 3 is 2.61 bits per heavy atom. The van der Waals surface area contributed by atoms with E-state index in [2.05, 4.69) is 11.6 Å². The molecule has 2 saturated carbocycles. The molecular weight excluding hydrogens is 246 g/mol. The average molecular weight is 271 g/mol. The number of thioether (sulfide) groups is 1. The first-order valence-corrected chi connectivity index (χ1v) is 8.38. The maximum Gasteiger partial charge on any atom is 0.308 e. The minimum atomic E-state index is -0.0186. The minimum Gasteiger partial charge on any atom is -0.469 e. The third-order valence-corrected chi connectivity index (χ3v) is 5.49. The standard InChI is InChI=1S/C14H25NO2S/c1-17-14(16)10-4-3-5-11(8-10)15-12-6-7-13(9-12)18-2/h10-13,15H,3-9H2,1-2H3. The van der Waals surface area contributed by atoms with Gasteiger partial charge in [0.25, 0.3) is 0 Å². The van der Waals surface area contributed by atoms with Crippen LogP contribution in [-0.4, -0.2) is 36.7 Å². The maximum atomic E-state index is 11.6. The van der Waals surface area contributed by atoms with Crippen molar-refractivity contribution in [2.45, 2.75) is 62.3 Å². The van der Waals surface area contributed by atoms with Crippen LogP contribution in [0.1, 0.15) is 44.9 Å². The Bertz CT molecular complexity index is 285. The number of methoxy groups -OCH3 is 1. The van der Waals surface area contributed by atoms with Crippen LogP contribution in [-0.2, 0) is 9.53 Å². The van der Waals surface area contributed by atoms with Crippen LogP contribution < -0.4 is 5.32 Å². The van der Waals surface area contributed by atoms with E-state index >= 15 is 0 Å². The summed E-state index contributed by atoms with van der Waals surface area (Å²) in [6.07, 6.45) is 10.5. The van der Waals surface area contributed by atoms with Crippen molar-refractivity contribution in [3.8, 4) is 0 Å². The van der Waals surface area contributed by atoms with Gasteiger partial charge in [0, 0.05) is 17.3 Å². The predicted molar refractivity (Wildman–Crippen MR) is 75.8 cm³/mol. The summed E-state index contributed by atoms with van der Waals surface area (Å²) in [5, 5.41) is 4.61. The van der Waals surface area contributed by atoms with E-state index < -0.39 is 0 Å². The molecule has 0 aliphatic heterocycles. The molecule has 0 aromatic rings. The van der Waals surface area contributed by atoms with Gasteiger partial charge in [-0.2, -0.15) is 11.8 Å². The van der Waals surface area contributed by atoms with Crippen molar-refractivity contribution in [2.75, 3.05) is 13.4 Å². The molecule has 0 aromatic heterocycles. The molecule has 0 bridgehead atoms. The largest absolute Gasteiger partial charge is 0.469 e. The summed E-state index contributed by atoms with van der Waals surface area (Å²) in [5.41, 5.74) is 0. The highest BCUT2D eigenvalue weighted by Gasteiger charge is 2.31. The van der Waals surface area contributed by atoms with Gasteiger partial charge in [0.05, 0.1) is 13.0 Å². The summed E-state index contributed by atoms with van der Waals surface area (Å²) in [7, 11) is 1.50. The maximum absolute atomic E-state index is 11.6. The quantitative estimate of drug-likeness (QED) is 0.798. The predicted octanol–water partition coefficient (Wildman–Crippen LogP) is 2.59. The van der Waals surface area contributed by atoms with Crippen molar-refractivity contribution in [2.24, 2.45) is 5.92 Å². The molecule has 18 heavy (non-hydrogen) atoms. The van der Waals surface area contributed by atoms with Gasteiger partial charge in [-0.05, 0) is 44.8 Å². The number of carbonyl (C=O) groups is 1. The monoisotopic (exact) mass is 271 g/mol.